The standard InChI is InChI=1S/C31H29F3N4O3S2/c1-30(39,31(32,33)34)21-13-15-23(16-14-21)38-18-17-37(43(40,41)27-12-7-19-42-27)20-26(38)29-28(35-22-8-3-2-4-9-22)24-10-5-6-11-25(24)36-29/h2-16,19,26,35-36,39H,17-18,20H2,1H3/t26-,30?/m0/s1. The van der Waals surface area contributed by atoms with Gasteiger partial charge in [0.25, 0.3) is 10.0 Å². The summed E-state index contributed by atoms with van der Waals surface area (Å²) in [7, 11) is -3.78. The fraction of sp³-hybridized carbons (Fsp3) is 0.226. The molecule has 2 atom stereocenters. The first-order chi connectivity index (χ1) is 20.5. The Bertz CT molecular complexity index is 1820. The molecule has 43 heavy (non-hydrogen) atoms. The van der Waals surface area contributed by atoms with Crippen molar-refractivity contribution in [2.24, 2.45) is 0 Å². The lowest BCUT2D eigenvalue weighted by Gasteiger charge is -2.42. The van der Waals surface area contributed by atoms with Crippen molar-refractivity contribution in [1.82, 2.24) is 9.29 Å². The minimum atomic E-state index is -4.85. The zero-order valence-corrected chi connectivity index (χ0v) is 24.7. The van der Waals surface area contributed by atoms with E-state index in [2.05, 4.69) is 10.3 Å². The number of aliphatic hydroxyl groups is 1. The van der Waals surface area contributed by atoms with Gasteiger partial charge in [-0.3, -0.25) is 0 Å². The normalized spacial score (nSPS) is 18.1. The Morgan fingerprint density at radius 1 is 0.930 bits per heavy atom. The van der Waals surface area contributed by atoms with Crippen LogP contribution in [0.3, 0.4) is 0 Å². The van der Waals surface area contributed by atoms with Gasteiger partial charge in [0.15, 0.2) is 5.60 Å². The number of benzene rings is 3. The minimum Gasteiger partial charge on any atom is -0.376 e. The topological polar surface area (TPSA) is 88.7 Å². The number of rotatable bonds is 7. The quantitative estimate of drug-likeness (QED) is 0.181. The van der Waals surface area contributed by atoms with Crippen LogP contribution in [-0.2, 0) is 15.6 Å². The van der Waals surface area contributed by atoms with E-state index in [0.717, 1.165) is 46.2 Å². The second kappa shape index (κ2) is 11.0. The fourth-order valence-electron chi connectivity index (χ4n) is 5.42. The van der Waals surface area contributed by atoms with Crippen LogP contribution >= 0.6 is 11.3 Å². The molecule has 3 N–H and O–H groups in total. The molecule has 0 bridgehead atoms. The summed E-state index contributed by atoms with van der Waals surface area (Å²) in [4.78, 5) is 5.50. The highest BCUT2D eigenvalue weighted by atomic mass is 32.2. The molecule has 1 aliphatic rings. The molecule has 7 nitrogen and oxygen atoms in total. The monoisotopic (exact) mass is 626 g/mol. The maximum absolute atomic E-state index is 13.6. The molecule has 0 spiro atoms. The minimum absolute atomic E-state index is 0.0958. The van der Waals surface area contributed by atoms with Gasteiger partial charge in [0.2, 0.25) is 0 Å². The van der Waals surface area contributed by atoms with Gasteiger partial charge >= 0.3 is 6.18 Å². The smallest absolute Gasteiger partial charge is 0.376 e. The van der Waals surface area contributed by atoms with Gasteiger partial charge in [0.05, 0.1) is 17.4 Å². The first-order valence-corrected chi connectivity index (χ1v) is 15.9. The number of fused-ring (bicyclic) bond motifs is 1. The van der Waals surface area contributed by atoms with Crippen molar-refractivity contribution in [1.29, 1.82) is 0 Å². The highest BCUT2D eigenvalue weighted by molar-refractivity contribution is 7.91. The first kappa shape index (κ1) is 29.2. The lowest BCUT2D eigenvalue weighted by Crippen LogP contribution is -2.50. The third-order valence-electron chi connectivity index (χ3n) is 7.86. The molecule has 12 heteroatoms. The van der Waals surface area contributed by atoms with Crippen LogP contribution in [0.15, 0.2) is 101 Å². The SMILES string of the molecule is CC(O)(c1ccc(N2CCN(S(=O)(=O)c3cccs3)C[C@H]2c2[nH]c3ccccc3c2Nc2ccccc2)cc1)C(F)(F)F. The molecule has 1 unspecified atom stereocenters. The summed E-state index contributed by atoms with van der Waals surface area (Å²) in [5.74, 6) is 0. The Morgan fingerprint density at radius 3 is 2.30 bits per heavy atom. The van der Waals surface area contributed by atoms with E-state index in [1.807, 2.05) is 59.5 Å². The zero-order valence-electron chi connectivity index (χ0n) is 23.0. The summed E-state index contributed by atoms with van der Waals surface area (Å²) in [5.41, 5.74) is 0.526. The maximum atomic E-state index is 13.6. The lowest BCUT2D eigenvalue weighted by molar-refractivity contribution is -0.258. The number of para-hydroxylation sites is 2. The third kappa shape index (κ3) is 5.40. The van der Waals surface area contributed by atoms with E-state index in [9.17, 15) is 26.7 Å². The van der Waals surface area contributed by atoms with Crippen LogP contribution in [0.4, 0.5) is 30.2 Å². The molecule has 5 aromatic rings. The van der Waals surface area contributed by atoms with Crippen LogP contribution in [0.1, 0.15) is 24.2 Å². The van der Waals surface area contributed by atoms with Crippen LogP contribution in [0.25, 0.3) is 10.9 Å². The van der Waals surface area contributed by atoms with Gasteiger partial charge in [0, 0.05) is 41.9 Å². The Kier molecular flexibility index (Phi) is 7.49. The number of piperazine rings is 1. The number of nitrogens with zero attached hydrogens (tertiary/aromatic N) is 2. The third-order valence-corrected chi connectivity index (χ3v) is 11.1. The molecule has 6 rings (SSSR count). The summed E-state index contributed by atoms with van der Waals surface area (Å²) in [6, 6.07) is 25.7. The second-order valence-electron chi connectivity index (χ2n) is 10.6. The summed E-state index contributed by atoms with van der Waals surface area (Å²) in [6.45, 7) is 1.29. The van der Waals surface area contributed by atoms with Gasteiger partial charge in [-0.15, -0.1) is 11.3 Å². The van der Waals surface area contributed by atoms with Crippen LogP contribution < -0.4 is 10.2 Å². The number of thiophene rings is 1. The van der Waals surface area contributed by atoms with Crippen LogP contribution in [0, 0.1) is 0 Å². The zero-order chi connectivity index (χ0) is 30.4. The molecule has 224 valence electrons. The van der Waals surface area contributed by atoms with Crippen molar-refractivity contribution in [2.45, 2.75) is 29.0 Å². The van der Waals surface area contributed by atoms with E-state index in [1.165, 1.54) is 16.4 Å². The van der Waals surface area contributed by atoms with E-state index in [1.54, 1.807) is 29.6 Å². The van der Waals surface area contributed by atoms with Gasteiger partial charge in [-0.1, -0.05) is 54.6 Å². The van der Waals surface area contributed by atoms with E-state index in [0.29, 0.717) is 5.69 Å². The molecule has 2 aromatic heterocycles. The summed E-state index contributed by atoms with van der Waals surface area (Å²) < 4.78 is 69.5. The van der Waals surface area contributed by atoms with Crippen molar-refractivity contribution in [2.75, 3.05) is 29.9 Å². The molecule has 1 saturated heterocycles. The maximum Gasteiger partial charge on any atom is 0.421 e. The van der Waals surface area contributed by atoms with Crippen molar-refractivity contribution in [3.05, 3.63) is 108 Å². The Labute approximate surface area is 251 Å². The molecular weight excluding hydrogens is 597 g/mol. The highest BCUT2D eigenvalue weighted by Crippen LogP contribution is 2.42. The Morgan fingerprint density at radius 2 is 1.63 bits per heavy atom. The van der Waals surface area contributed by atoms with Gasteiger partial charge in [-0.2, -0.15) is 17.5 Å². The van der Waals surface area contributed by atoms with Gasteiger partial charge in [0.1, 0.15) is 4.21 Å². The molecule has 0 aliphatic carbocycles. The molecule has 0 amide bonds. The lowest BCUT2D eigenvalue weighted by atomic mass is 9.95. The van der Waals surface area contributed by atoms with E-state index in [4.69, 9.17) is 0 Å². The molecule has 3 aromatic carbocycles. The number of aromatic amines is 1. The van der Waals surface area contributed by atoms with Crippen LogP contribution in [-0.4, -0.2) is 48.6 Å². The number of hydrogen-bond donors (Lipinski definition) is 3. The van der Waals surface area contributed by atoms with Crippen LogP contribution in [0.2, 0.25) is 0 Å². The molecule has 0 radical (unpaired) electrons. The van der Waals surface area contributed by atoms with Crippen molar-refractivity contribution in [3.8, 4) is 0 Å². The molecule has 3 heterocycles. The average molecular weight is 627 g/mol. The highest BCUT2D eigenvalue weighted by Gasteiger charge is 2.51. The number of aromatic nitrogens is 1. The Balaban J connectivity index is 1.45. The summed E-state index contributed by atoms with van der Waals surface area (Å²) >= 11 is 1.15. The number of hydrogen-bond acceptors (Lipinski definition) is 6. The van der Waals surface area contributed by atoms with Gasteiger partial charge in [-0.25, -0.2) is 8.42 Å². The Hall–Kier alpha value is -3.84. The number of alkyl halides is 3. The van der Waals surface area contributed by atoms with Gasteiger partial charge in [-0.05, 0) is 54.3 Å². The van der Waals surface area contributed by atoms with E-state index in [-0.39, 0.29) is 29.4 Å². The largest absolute Gasteiger partial charge is 0.421 e. The van der Waals surface area contributed by atoms with E-state index >= 15 is 0 Å². The number of H-pyrrole nitrogens is 1. The first-order valence-electron chi connectivity index (χ1n) is 13.6. The second-order valence-corrected chi connectivity index (χ2v) is 13.7. The van der Waals surface area contributed by atoms with E-state index < -0.39 is 27.8 Å². The van der Waals surface area contributed by atoms with Crippen LogP contribution in [0.5, 0.6) is 0 Å². The molecule has 0 saturated carbocycles. The van der Waals surface area contributed by atoms with Crippen molar-refractivity contribution < 1.29 is 26.7 Å². The van der Waals surface area contributed by atoms with Crippen molar-refractivity contribution >= 4 is 49.3 Å². The summed E-state index contributed by atoms with van der Waals surface area (Å²) in [6.07, 6.45) is -4.85. The number of anilines is 3. The molecule has 1 aliphatic heterocycles. The number of sulfonamides is 1. The molecule has 1 fully saturated rings. The predicted octanol–water partition coefficient (Wildman–Crippen LogP) is 7.00. The predicted molar refractivity (Wildman–Crippen MR) is 163 cm³/mol. The number of nitrogens with one attached hydrogen (secondary N) is 2. The van der Waals surface area contributed by atoms with Crippen molar-refractivity contribution in [3.63, 3.8) is 0 Å². The van der Waals surface area contributed by atoms with Gasteiger partial charge < -0.3 is 20.3 Å². The molecular formula is C31H29F3N4O3S2. The number of halogens is 3. The average Bonchev–Trinajstić information content (AvgIpc) is 3.67. The summed E-state index contributed by atoms with van der Waals surface area (Å²) in [5, 5.41) is 16.3. The fourth-order valence-corrected chi connectivity index (χ4v) is 8.01.